The van der Waals surface area contributed by atoms with E-state index in [4.69, 9.17) is 5.73 Å². The third-order valence-electron chi connectivity index (χ3n) is 4.06. The van der Waals surface area contributed by atoms with Crippen LogP contribution in [0.25, 0.3) is 0 Å². The smallest absolute Gasteiger partial charge is 0.242 e. The van der Waals surface area contributed by atoms with E-state index in [2.05, 4.69) is 4.99 Å². The summed E-state index contributed by atoms with van der Waals surface area (Å²) in [6.45, 7) is 3.29. The molecule has 0 saturated carbocycles. The molecule has 5 nitrogen and oxygen atoms in total. The second-order valence-corrected chi connectivity index (χ2v) is 7.68. The summed E-state index contributed by atoms with van der Waals surface area (Å²) in [5, 5.41) is -1.02. The van der Waals surface area contributed by atoms with Gasteiger partial charge in [0.25, 0.3) is 0 Å². The quantitative estimate of drug-likeness (QED) is 0.919. The minimum atomic E-state index is -3.81. The number of guanidine groups is 1. The van der Waals surface area contributed by atoms with Crippen molar-refractivity contribution in [3.05, 3.63) is 35.4 Å². The molecule has 1 aromatic rings. The second kappa shape index (κ2) is 5.49. The summed E-state index contributed by atoms with van der Waals surface area (Å²) >= 11 is 0. The average Bonchev–Trinajstić information content (AvgIpc) is 2.44. The predicted molar refractivity (Wildman–Crippen MR) is 80.7 cm³/mol. The highest BCUT2D eigenvalue weighted by Crippen LogP contribution is 2.41. The Bertz CT molecular complexity index is 721. The summed E-state index contributed by atoms with van der Waals surface area (Å²) in [4.78, 5) is 4.20. The van der Waals surface area contributed by atoms with Crippen LogP contribution in [0, 0.1) is 11.6 Å². The Hall–Kier alpha value is -1.70. The van der Waals surface area contributed by atoms with Crippen LogP contribution in [0.4, 0.5) is 8.78 Å². The fourth-order valence-corrected chi connectivity index (χ4v) is 4.78. The van der Waals surface area contributed by atoms with Gasteiger partial charge < -0.3 is 5.73 Å². The van der Waals surface area contributed by atoms with Crippen molar-refractivity contribution < 1.29 is 17.2 Å². The maximum absolute atomic E-state index is 14.2. The van der Waals surface area contributed by atoms with E-state index >= 15 is 0 Å². The number of rotatable bonds is 3. The van der Waals surface area contributed by atoms with Crippen LogP contribution in [-0.2, 0) is 15.6 Å². The Morgan fingerprint density at radius 3 is 2.64 bits per heavy atom. The SMILES string of the molecule is CCC[C@H]1[C@@](C)(c2cc(F)ccc2F)N=C(N)N(C)S1(=O)=O. The topological polar surface area (TPSA) is 75.8 Å². The molecule has 1 heterocycles. The molecule has 0 saturated heterocycles. The van der Waals surface area contributed by atoms with E-state index in [0.717, 1.165) is 22.5 Å². The lowest BCUT2D eigenvalue weighted by atomic mass is 9.86. The zero-order valence-corrected chi connectivity index (χ0v) is 13.5. The van der Waals surface area contributed by atoms with Gasteiger partial charge in [0.2, 0.25) is 16.0 Å². The highest BCUT2D eigenvalue weighted by molar-refractivity contribution is 7.90. The third kappa shape index (κ3) is 2.45. The monoisotopic (exact) mass is 331 g/mol. The Kier molecular flexibility index (Phi) is 4.16. The van der Waals surface area contributed by atoms with Crippen molar-refractivity contribution in [2.75, 3.05) is 7.05 Å². The molecular formula is C14H19F2N3O2S. The summed E-state index contributed by atoms with van der Waals surface area (Å²) in [6.07, 6.45) is 0.815. The van der Waals surface area contributed by atoms with E-state index < -0.39 is 32.4 Å². The molecule has 122 valence electrons. The van der Waals surface area contributed by atoms with Crippen LogP contribution in [0.5, 0.6) is 0 Å². The first kappa shape index (κ1) is 16.7. The first-order valence-electron chi connectivity index (χ1n) is 6.93. The molecular weight excluding hydrogens is 312 g/mol. The minimum Gasteiger partial charge on any atom is -0.369 e. The van der Waals surface area contributed by atoms with Crippen LogP contribution >= 0.6 is 0 Å². The number of hydrogen-bond donors (Lipinski definition) is 1. The fourth-order valence-electron chi connectivity index (χ4n) is 2.80. The normalized spacial score (nSPS) is 27.6. The first-order chi connectivity index (χ1) is 10.1. The average molecular weight is 331 g/mol. The molecule has 0 radical (unpaired) electrons. The van der Waals surface area contributed by atoms with E-state index in [1.807, 2.05) is 6.92 Å². The molecule has 0 unspecified atom stereocenters. The molecule has 0 aromatic heterocycles. The number of nitrogens with two attached hydrogens (primary N) is 1. The van der Waals surface area contributed by atoms with Crippen LogP contribution in [0.1, 0.15) is 32.3 Å². The Labute approximate surface area is 128 Å². The number of sulfonamides is 1. The molecule has 0 bridgehead atoms. The van der Waals surface area contributed by atoms with Gasteiger partial charge in [-0.2, -0.15) is 0 Å². The Morgan fingerprint density at radius 1 is 1.41 bits per heavy atom. The van der Waals surface area contributed by atoms with Crippen LogP contribution in [0.2, 0.25) is 0 Å². The zero-order chi connectivity index (χ0) is 16.7. The summed E-state index contributed by atoms with van der Waals surface area (Å²) in [5.41, 5.74) is 4.11. The van der Waals surface area contributed by atoms with Gasteiger partial charge >= 0.3 is 0 Å². The second-order valence-electron chi connectivity index (χ2n) is 5.53. The molecule has 1 aliphatic heterocycles. The highest BCUT2D eigenvalue weighted by atomic mass is 32.2. The van der Waals surface area contributed by atoms with Gasteiger partial charge in [-0.1, -0.05) is 13.3 Å². The van der Waals surface area contributed by atoms with Gasteiger partial charge in [-0.05, 0) is 31.5 Å². The molecule has 8 heteroatoms. The highest BCUT2D eigenvalue weighted by Gasteiger charge is 2.50. The van der Waals surface area contributed by atoms with Gasteiger partial charge in [0, 0.05) is 12.6 Å². The third-order valence-corrected chi connectivity index (χ3v) is 6.43. The van der Waals surface area contributed by atoms with E-state index in [9.17, 15) is 17.2 Å². The van der Waals surface area contributed by atoms with Crippen LogP contribution in [0.15, 0.2) is 23.2 Å². The van der Waals surface area contributed by atoms with Crippen molar-refractivity contribution in [2.45, 2.75) is 37.5 Å². The first-order valence-corrected chi connectivity index (χ1v) is 8.43. The number of aliphatic imine (C=N–C) groups is 1. The number of nitrogens with zero attached hydrogens (tertiary/aromatic N) is 2. The van der Waals surface area contributed by atoms with Crippen LogP contribution in [0.3, 0.4) is 0 Å². The maximum Gasteiger partial charge on any atom is 0.242 e. The van der Waals surface area contributed by atoms with Crippen molar-refractivity contribution in [3.8, 4) is 0 Å². The van der Waals surface area contributed by atoms with Crippen molar-refractivity contribution in [1.82, 2.24) is 4.31 Å². The molecule has 1 aliphatic rings. The lowest BCUT2D eigenvalue weighted by Crippen LogP contribution is -2.56. The molecule has 1 aromatic carbocycles. The van der Waals surface area contributed by atoms with Crippen LogP contribution < -0.4 is 5.73 Å². The molecule has 22 heavy (non-hydrogen) atoms. The molecule has 2 N–H and O–H groups in total. The van der Waals surface area contributed by atoms with Gasteiger partial charge in [0.15, 0.2) is 0 Å². The van der Waals surface area contributed by atoms with Crippen molar-refractivity contribution in [1.29, 1.82) is 0 Å². The van der Waals surface area contributed by atoms with Gasteiger partial charge in [-0.25, -0.2) is 26.5 Å². The molecule has 0 spiro atoms. The lowest BCUT2D eigenvalue weighted by Gasteiger charge is -2.41. The van der Waals surface area contributed by atoms with Gasteiger partial charge in [0.05, 0.1) is 0 Å². The molecule has 2 atom stereocenters. The molecule has 2 rings (SSSR count). The van der Waals surface area contributed by atoms with E-state index in [-0.39, 0.29) is 17.9 Å². The van der Waals surface area contributed by atoms with Crippen molar-refractivity contribution >= 4 is 16.0 Å². The fraction of sp³-hybridized carbons (Fsp3) is 0.500. The minimum absolute atomic E-state index is 0.106. The summed E-state index contributed by atoms with van der Waals surface area (Å²) in [7, 11) is -2.51. The van der Waals surface area contributed by atoms with E-state index in [1.165, 1.54) is 14.0 Å². The van der Waals surface area contributed by atoms with Crippen molar-refractivity contribution in [3.63, 3.8) is 0 Å². The van der Waals surface area contributed by atoms with E-state index in [1.54, 1.807) is 0 Å². The summed E-state index contributed by atoms with van der Waals surface area (Å²) in [6, 6.07) is 2.93. The van der Waals surface area contributed by atoms with E-state index in [0.29, 0.717) is 6.42 Å². The maximum atomic E-state index is 14.2. The van der Waals surface area contributed by atoms with Gasteiger partial charge in [-0.15, -0.1) is 0 Å². The van der Waals surface area contributed by atoms with Crippen molar-refractivity contribution in [2.24, 2.45) is 10.7 Å². The van der Waals surface area contributed by atoms with Crippen LogP contribution in [-0.4, -0.2) is 31.0 Å². The Balaban J connectivity index is 2.75. The largest absolute Gasteiger partial charge is 0.369 e. The van der Waals surface area contributed by atoms with Gasteiger partial charge in [-0.3, -0.25) is 0 Å². The predicted octanol–water partition coefficient (Wildman–Crippen LogP) is 1.94. The molecule has 0 fully saturated rings. The lowest BCUT2D eigenvalue weighted by molar-refractivity contribution is 0.376. The standard InChI is InChI=1S/C14H19F2N3O2S/c1-4-5-12-14(2,10-8-9(15)6-7-11(10)16)18-13(17)19(3)22(12,20)21/h6-8,12H,4-5H2,1-3H3,(H2,17,18)/t12-,14+/m0/s1. The number of hydrogen-bond acceptors (Lipinski definition) is 4. The number of halogens is 2. The Morgan fingerprint density at radius 2 is 2.05 bits per heavy atom. The molecule has 0 aliphatic carbocycles. The number of benzene rings is 1. The molecule has 0 amide bonds. The zero-order valence-electron chi connectivity index (χ0n) is 12.7. The van der Waals surface area contributed by atoms with Gasteiger partial charge in [0.1, 0.15) is 22.4 Å². The summed E-state index contributed by atoms with van der Waals surface area (Å²) in [5.74, 6) is -1.60. The summed E-state index contributed by atoms with van der Waals surface area (Å²) < 4.78 is 53.9.